The summed E-state index contributed by atoms with van der Waals surface area (Å²) in [5, 5.41) is 4.96. The van der Waals surface area contributed by atoms with Crippen molar-refractivity contribution in [1.29, 1.82) is 0 Å². The van der Waals surface area contributed by atoms with Crippen LogP contribution >= 0.6 is 11.3 Å². The highest BCUT2D eigenvalue weighted by Crippen LogP contribution is 2.24. The number of hydrogen-bond acceptors (Lipinski definition) is 2. The van der Waals surface area contributed by atoms with E-state index in [1.807, 2.05) is 6.92 Å². The molecule has 1 aliphatic heterocycles. The van der Waals surface area contributed by atoms with Crippen LogP contribution in [0.25, 0.3) is 0 Å². The predicted molar refractivity (Wildman–Crippen MR) is 49.7 cm³/mol. The minimum Gasteiger partial charge on any atom is -0.352 e. The van der Waals surface area contributed by atoms with Crippen LogP contribution in [-0.4, -0.2) is 12.5 Å². The fourth-order valence-electron chi connectivity index (χ4n) is 1.53. The number of hydrogen-bond donors (Lipinski definition) is 1. The lowest BCUT2D eigenvalue weighted by Crippen LogP contribution is -2.22. The van der Waals surface area contributed by atoms with Crippen LogP contribution in [0.1, 0.15) is 27.2 Å². The van der Waals surface area contributed by atoms with Gasteiger partial charge < -0.3 is 5.32 Å². The van der Waals surface area contributed by atoms with E-state index in [9.17, 15) is 4.79 Å². The normalized spacial score (nSPS) is 16.6. The first kappa shape index (κ1) is 7.80. The van der Waals surface area contributed by atoms with Crippen LogP contribution in [0, 0.1) is 6.92 Å². The summed E-state index contributed by atoms with van der Waals surface area (Å²) in [6, 6.07) is 0. The molecule has 12 heavy (non-hydrogen) atoms. The van der Waals surface area contributed by atoms with Crippen molar-refractivity contribution in [2.45, 2.75) is 19.8 Å². The van der Waals surface area contributed by atoms with E-state index in [4.69, 9.17) is 0 Å². The van der Waals surface area contributed by atoms with Crippen LogP contribution in [-0.2, 0) is 6.42 Å². The molecule has 2 rings (SSSR count). The smallest absolute Gasteiger partial charge is 0.252 e. The third kappa shape index (κ3) is 1.14. The van der Waals surface area contributed by atoms with Gasteiger partial charge >= 0.3 is 0 Å². The number of carbonyl (C=O) groups is 1. The minimum absolute atomic E-state index is 0.112. The molecule has 0 spiro atoms. The Labute approximate surface area is 75.6 Å². The lowest BCUT2D eigenvalue weighted by molar-refractivity contribution is 0.0956. The molecule has 1 aromatic rings. The molecule has 1 N–H and O–H groups in total. The summed E-state index contributed by atoms with van der Waals surface area (Å²) in [6.45, 7) is 2.82. The summed E-state index contributed by atoms with van der Waals surface area (Å²) in [6.07, 6.45) is 2.12. The van der Waals surface area contributed by atoms with Gasteiger partial charge in [0.05, 0.1) is 5.56 Å². The summed E-state index contributed by atoms with van der Waals surface area (Å²) in [5.41, 5.74) is 2.05. The molecule has 0 aliphatic carbocycles. The lowest BCUT2D eigenvalue weighted by atomic mass is 10.1. The molecule has 1 amide bonds. The molecule has 1 aromatic heterocycles. The van der Waals surface area contributed by atoms with Crippen molar-refractivity contribution in [1.82, 2.24) is 5.32 Å². The van der Waals surface area contributed by atoms with Crippen molar-refractivity contribution in [3.05, 3.63) is 21.4 Å². The zero-order chi connectivity index (χ0) is 8.55. The van der Waals surface area contributed by atoms with Gasteiger partial charge in [-0.3, -0.25) is 4.79 Å². The largest absolute Gasteiger partial charge is 0.352 e. The molecule has 0 saturated carbocycles. The van der Waals surface area contributed by atoms with Gasteiger partial charge in [-0.25, -0.2) is 0 Å². The van der Waals surface area contributed by atoms with Gasteiger partial charge in [-0.15, -0.1) is 11.3 Å². The van der Waals surface area contributed by atoms with Gasteiger partial charge in [-0.2, -0.15) is 0 Å². The number of amides is 1. The van der Waals surface area contributed by atoms with Crippen molar-refractivity contribution in [3.8, 4) is 0 Å². The van der Waals surface area contributed by atoms with Crippen molar-refractivity contribution >= 4 is 17.2 Å². The van der Waals surface area contributed by atoms with Gasteiger partial charge in [-0.1, -0.05) is 0 Å². The van der Waals surface area contributed by atoms with Gasteiger partial charge in [-0.05, 0) is 30.7 Å². The Balaban J connectivity index is 2.49. The van der Waals surface area contributed by atoms with Gasteiger partial charge in [0.1, 0.15) is 0 Å². The maximum Gasteiger partial charge on any atom is 0.252 e. The molecule has 2 nitrogen and oxygen atoms in total. The summed E-state index contributed by atoms with van der Waals surface area (Å²) < 4.78 is 0. The van der Waals surface area contributed by atoms with Gasteiger partial charge in [0.2, 0.25) is 0 Å². The van der Waals surface area contributed by atoms with Crippen LogP contribution in [0.4, 0.5) is 0 Å². The number of fused-ring (bicyclic) bond motifs is 1. The topological polar surface area (TPSA) is 29.1 Å². The Morgan fingerprint density at radius 3 is 3.25 bits per heavy atom. The first-order chi connectivity index (χ1) is 5.79. The number of rotatable bonds is 0. The molecule has 1 aliphatic rings. The number of thiophene rings is 1. The number of carbonyl (C=O) groups excluding carboxylic acids is 1. The third-order valence-corrected chi connectivity index (χ3v) is 3.31. The summed E-state index contributed by atoms with van der Waals surface area (Å²) >= 11 is 1.71. The zero-order valence-corrected chi connectivity index (χ0v) is 7.83. The Hall–Kier alpha value is -0.830. The molecule has 0 bridgehead atoms. The van der Waals surface area contributed by atoms with Crippen molar-refractivity contribution in [2.75, 3.05) is 6.54 Å². The van der Waals surface area contributed by atoms with Crippen LogP contribution in [0.2, 0.25) is 0 Å². The van der Waals surface area contributed by atoms with Crippen LogP contribution < -0.4 is 5.32 Å². The minimum atomic E-state index is 0.112. The Morgan fingerprint density at radius 2 is 2.42 bits per heavy atom. The molecule has 64 valence electrons. The molecule has 3 heteroatoms. The molecular weight excluding hydrogens is 170 g/mol. The molecule has 0 aromatic carbocycles. The van der Waals surface area contributed by atoms with E-state index in [2.05, 4.69) is 10.7 Å². The molecule has 0 radical (unpaired) electrons. The SMILES string of the molecule is Cc1csc2c1C(=O)NCCC2. The molecule has 0 unspecified atom stereocenters. The van der Waals surface area contributed by atoms with E-state index in [0.29, 0.717) is 0 Å². The van der Waals surface area contributed by atoms with E-state index < -0.39 is 0 Å². The van der Waals surface area contributed by atoms with Crippen LogP contribution in [0.5, 0.6) is 0 Å². The summed E-state index contributed by atoms with van der Waals surface area (Å²) in [4.78, 5) is 12.7. The maximum atomic E-state index is 11.5. The second kappa shape index (κ2) is 2.90. The van der Waals surface area contributed by atoms with E-state index in [1.165, 1.54) is 4.88 Å². The summed E-state index contributed by atoms with van der Waals surface area (Å²) in [5.74, 6) is 0.112. The highest BCUT2D eigenvalue weighted by molar-refractivity contribution is 7.10. The molecule has 0 fully saturated rings. The van der Waals surface area contributed by atoms with E-state index in [-0.39, 0.29) is 5.91 Å². The first-order valence-corrected chi connectivity index (χ1v) is 5.02. The third-order valence-electron chi connectivity index (χ3n) is 2.14. The van der Waals surface area contributed by atoms with E-state index in [0.717, 1.165) is 30.5 Å². The van der Waals surface area contributed by atoms with Crippen molar-refractivity contribution in [2.24, 2.45) is 0 Å². The zero-order valence-electron chi connectivity index (χ0n) is 7.02. The monoisotopic (exact) mass is 181 g/mol. The Morgan fingerprint density at radius 1 is 1.58 bits per heavy atom. The van der Waals surface area contributed by atoms with Crippen molar-refractivity contribution in [3.63, 3.8) is 0 Å². The predicted octanol–water partition coefficient (Wildman–Crippen LogP) is 1.73. The van der Waals surface area contributed by atoms with Gasteiger partial charge in [0, 0.05) is 11.4 Å². The van der Waals surface area contributed by atoms with Crippen LogP contribution in [0.15, 0.2) is 5.38 Å². The lowest BCUT2D eigenvalue weighted by Gasteiger charge is -1.99. The highest BCUT2D eigenvalue weighted by atomic mass is 32.1. The number of aryl methyl sites for hydroxylation is 2. The van der Waals surface area contributed by atoms with Crippen LogP contribution in [0.3, 0.4) is 0 Å². The van der Waals surface area contributed by atoms with E-state index in [1.54, 1.807) is 11.3 Å². The molecule has 2 heterocycles. The first-order valence-electron chi connectivity index (χ1n) is 4.14. The van der Waals surface area contributed by atoms with Gasteiger partial charge in [0.15, 0.2) is 0 Å². The summed E-state index contributed by atoms with van der Waals surface area (Å²) in [7, 11) is 0. The molecular formula is C9H11NOS. The molecule has 0 saturated heterocycles. The highest BCUT2D eigenvalue weighted by Gasteiger charge is 2.18. The maximum absolute atomic E-state index is 11.5. The van der Waals surface area contributed by atoms with Gasteiger partial charge in [0.25, 0.3) is 5.91 Å². The Bertz CT molecular complexity index is 316. The van der Waals surface area contributed by atoms with Crippen molar-refractivity contribution < 1.29 is 4.79 Å². The number of nitrogens with one attached hydrogen (secondary N) is 1. The quantitative estimate of drug-likeness (QED) is 0.649. The fraction of sp³-hybridized carbons (Fsp3) is 0.444. The fourth-order valence-corrected chi connectivity index (χ4v) is 2.60. The Kier molecular flexibility index (Phi) is 1.89. The average molecular weight is 181 g/mol. The second-order valence-corrected chi connectivity index (χ2v) is 4.04. The average Bonchev–Trinajstić information content (AvgIpc) is 2.29. The second-order valence-electron chi connectivity index (χ2n) is 3.08. The molecule has 0 atom stereocenters. The van der Waals surface area contributed by atoms with E-state index >= 15 is 0 Å². The standard InChI is InChI=1S/C9H11NOS/c1-6-5-12-7-3-2-4-10-9(11)8(6)7/h5H,2-4H2,1H3,(H,10,11).